The molecule has 7 aromatic carbocycles. The average molecular weight is 590 g/mol. The average Bonchev–Trinajstić information content (AvgIpc) is 3.49. The first-order chi connectivity index (χ1) is 22.7. The van der Waals surface area contributed by atoms with Crippen LogP contribution in [0.5, 0.6) is 0 Å². The standard InChI is InChI=1S/C42H27N3O/c1-26-13-22-36-37-12-6-11-35(39(37)46-38(36)23-26)29-16-18-30(19-17-29)40-43-41(33-20-14-27-7-2-4-9-31(27)24-33)45-42(44-40)34-21-15-28-8-3-5-10-32(28)25-34/h2-25H,1H3. The van der Waals surface area contributed by atoms with Crippen LogP contribution in [0.2, 0.25) is 0 Å². The van der Waals surface area contributed by atoms with E-state index in [2.05, 4.69) is 153 Å². The zero-order chi connectivity index (χ0) is 30.6. The Bertz CT molecular complexity index is 2500. The van der Waals surface area contributed by atoms with Gasteiger partial charge >= 0.3 is 0 Å². The summed E-state index contributed by atoms with van der Waals surface area (Å²) in [7, 11) is 0. The minimum Gasteiger partial charge on any atom is -0.455 e. The minimum absolute atomic E-state index is 0.630. The highest BCUT2D eigenvalue weighted by Crippen LogP contribution is 2.37. The Labute approximate surface area is 265 Å². The topological polar surface area (TPSA) is 51.8 Å². The van der Waals surface area contributed by atoms with E-state index in [-0.39, 0.29) is 0 Å². The van der Waals surface area contributed by atoms with E-state index in [1.165, 1.54) is 16.3 Å². The number of nitrogens with zero attached hydrogens (tertiary/aromatic N) is 3. The van der Waals surface area contributed by atoms with E-state index in [1.54, 1.807) is 0 Å². The van der Waals surface area contributed by atoms with Crippen molar-refractivity contribution < 1.29 is 4.42 Å². The molecule has 0 aliphatic rings. The number of rotatable bonds is 4. The summed E-state index contributed by atoms with van der Waals surface area (Å²) in [5, 5.41) is 6.91. The maximum Gasteiger partial charge on any atom is 0.164 e. The molecule has 0 N–H and O–H groups in total. The molecule has 0 atom stereocenters. The zero-order valence-corrected chi connectivity index (χ0v) is 25.1. The predicted molar refractivity (Wildman–Crippen MR) is 189 cm³/mol. The highest BCUT2D eigenvalue weighted by molar-refractivity contribution is 6.09. The van der Waals surface area contributed by atoms with E-state index in [1.807, 2.05) is 0 Å². The molecule has 9 aromatic rings. The highest BCUT2D eigenvalue weighted by Gasteiger charge is 2.15. The first-order valence-electron chi connectivity index (χ1n) is 15.4. The monoisotopic (exact) mass is 589 g/mol. The van der Waals surface area contributed by atoms with Gasteiger partial charge in [0.25, 0.3) is 0 Å². The van der Waals surface area contributed by atoms with E-state index in [9.17, 15) is 0 Å². The van der Waals surface area contributed by atoms with Crippen molar-refractivity contribution in [3.8, 4) is 45.3 Å². The highest BCUT2D eigenvalue weighted by atomic mass is 16.3. The predicted octanol–water partition coefficient (Wildman–Crippen LogP) is 11.1. The summed E-state index contributed by atoms with van der Waals surface area (Å²) in [6.45, 7) is 2.09. The van der Waals surface area contributed by atoms with Gasteiger partial charge in [-0.2, -0.15) is 0 Å². The molecule has 0 spiro atoms. The van der Waals surface area contributed by atoms with Gasteiger partial charge in [-0.05, 0) is 57.8 Å². The zero-order valence-electron chi connectivity index (χ0n) is 25.1. The van der Waals surface area contributed by atoms with Gasteiger partial charge in [0, 0.05) is 33.0 Å². The minimum atomic E-state index is 0.630. The normalized spacial score (nSPS) is 11.6. The smallest absolute Gasteiger partial charge is 0.164 e. The molecule has 0 amide bonds. The quantitative estimate of drug-likeness (QED) is 0.205. The van der Waals surface area contributed by atoms with Crippen LogP contribution in [0, 0.1) is 6.92 Å². The van der Waals surface area contributed by atoms with Crippen LogP contribution in [-0.2, 0) is 0 Å². The number of aromatic nitrogens is 3. The van der Waals surface area contributed by atoms with Crippen molar-refractivity contribution in [3.05, 3.63) is 151 Å². The van der Waals surface area contributed by atoms with Gasteiger partial charge in [0.2, 0.25) is 0 Å². The lowest BCUT2D eigenvalue weighted by atomic mass is 10.0. The van der Waals surface area contributed by atoms with Crippen molar-refractivity contribution >= 4 is 43.5 Å². The lowest BCUT2D eigenvalue weighted by molar-refractivity contribution is 0.669. The fourth-order valence-corrected chi connectivity index (χ4v) is 6.35. The second kappa shape index (κ2) is 10.5. The van der Waals surface area contributed by atoms with E-state index in [4.69, 9.17) is 19.4 Å². The van der Waals surface area contributed by atoms with E-state index in [0.29, 0.717) is 17.5 Å². The fourth-order valence-electron chi connectivity index (χ4n) is 6.35. The molecule has 46 heavy (non-hydrogen) atoms. The van der Waals surface area contributed by atoms with Gasteiger partial charge in [0.15, 0.2) is 17.5 Å². The molecule has 2 heterocycles. The number of hydrogen-bond donors (Lipinski definition) is 0. The number of fused-ring (bicyclic) bond motifs is 5. The van der Waals surface area contributed by atoms with E-state index in [0.717, 1.165) is 60.5 Å². The molecule has 4 nitrogen and oxygen atoms in total. The van der Waals surface area contributed by atoms with Crippen LogP contribution in [0.3, 0.4) is 0 Å². The van der Waals surface area contributed by atoms with Crippen molar-refractivity contribution in [3.63, 3.8) is 0 Å². The van der Waals surface area contributed by atoms with Gasteiger partial charge < -0.3 is 4.42 Å². The van der Waals surface area contributed by atoms with Gasteiger partial charge in [-0.3, -0.25) is 0 Å². The van der Waals surface area contributed by atoms with Gasteiger partial charge in [-0.1, -0.05) is 127 Å². The van der Waals surface area contributed by atoms with Crippen LogP contribution in [0.4, 0.5) is 0 Å². The van der Waals surface area contributed by atoms with Crippen LogP contribution >= 0.6 is 0 Å². The maximum absolute atomic E-state index is 6.39. The number of para-hydroxylation sites is 1. The Balaban J connectivity index is 1.17. The third-order valence-electron chi connectivity index (χ3n) is 8.76. The Kier molecular flexibility index (Phi) is 6.00. The Morgan fingerprint density at radius 1 is 0.413 bits per heavy atom. The van der Waals surface area contributed by atoms with Gasteiger partial charge in [0.1, 0.15) is 11.2 Å². The molecule has 0 saturated carbocycles. The molecule has 0 saturated heterocycles. The van der Waals surface area contributed by atoms with Crippen LogP contribution < -0.4 is 0 Å². The molecular weight excluding hydrogens is 562 g/mol. The van der Waals surface area contributed by atoms with Gasteiger partial charge in [-0.25, -0.2) is 15.0 Å². The molecule has 0 fully saturated rings. The summed E-state index contributed by atoms with van der Waals surface area (Å²) in [5.41, 5.74) is 7.94. The third-order valence-corrected chi connectivity index (χ3v) is 8.76. The third kappa shape index (κ3) is 4.51. The van der Waals surface area contributed by atoms with E-state index >= 15 is 0 Å². The Morgan fingerprint density at radius 3 is 1.59 bits per heavy atom. The molecule has 4 heteroatoms. The number of benzene rings is 7. The largest absolute Gasteiger partial charge is 0.455 e. The Morgan fingerprint density at radius 2 is 0.957 bits per heavy atom. The van der Waals surface area contributed by atoms with Gasteiger partial charge in [0.05, 0.1) is 0 Å². The summed E-state index contributed by atoms with van der Waals surface area (Å²) in [4.78, 5) is 15.0. The first-order valence-corrected chi connectivity index (χ1v) is 15.4. The summed E-state index contributed by atoms with van der Waals surface area (Å²) >= 11 is 0. The molecule has 216 valence electrons. The van der Waals surface area contributed by atoms with Crippen molar-refractivity contribution in [2.24, 2.45) is 0 Å². The molecule has 0 aliphatic carbocycles. The molecule has 0 radical (unpaired) electrons. The Hall–Kier alpha value is -6.13. The molecule has 2 aromatic heterocycles. The van der Waals surface area contributed by atoms with Crippen LogP contribution in [0.25, 0.3) is 88.8 Å². The summed E-state index contributed by atoms with van der Waals surface area (Å²) < 4.78 is 6.39. The summed E-state index contributed by atoms with van der Waals surface area (Å²) in [5.74, 6) is 1.92. The van der Waals surface area contributed by atoms with Crippen molar-refractivity contribution in [1.82, 2.24) is 15.0 Å². The number of hydrogen-bond acceptors (Lipinski definition) is 4. The second-order valence-electron chi connectivity index (χ2n) is 11.8. The lowest BCUT2D eigenvalue weighted by Crippen LogP contribution is -2.00. The molecule has 9 rings (SSSR count). The SMILES string of the molecule is Cc1ccc2c(c1)oc1c(-c3ccc(-c4nc(-c5ccc6ccccc6c5)nc(-c5ccc6ccccc6c5)n4)cc3)cccc12. The lowest BCUT2D eigenvalue weighted by Gasteiger charge is -2.10. The number of furan rings is 1. The number of aryl methyl sites for hydroxylation is 1. The van der Waals surface area contributed by atoms with Crippen molar-refractivity contribution in [1.29, 1.82) is 0 Å². The van der Waals surface area contributed by atoms with Crippen molar-refractivity contribution in [2.75, 3.05) is 0 Å². The maximum atomic E-state index is 6.39. The van der Waals surface area contributed by atoms with Crippen LogP contribution in [-0.4, -0.2) is 15.0 Å². The second-order valence-corrected chi connectivity index (χ2v) is 11.8. The molecule has 0 unspecified atom stereocenters. The summed E-state index contributed by atoms with van der Waals surface area (Å²) in [6.07, 6.45) is 0. The van der Waals surface area contributed by atoms with E-state index < -0.39 is 0 Å². The first kappa shape index (κ1) is 26.3. The van der Waals surface area contributed by atoms with Crippen molar-refractivity contribution in [2.45, 2.75) is 6.92 Å². The molecule has 0 aliphatic heterocycles. The van der Waals surface area contributed by atoms with Crippen LogP contribution in [0.15, 0.2) is 150 Å². The van der Waals surface area contributed by atoms with Gasteiger partial charge in [-0.15, -0.1) is 0 Å². The molecular formula is C42H27N3O. The molecule has 0 bridgehead atoms. The fraction of sp³-hybridized carbons (Fsp3) is 0.0238. The summed E-state index contributed by atoms with van der Waals surface area (Å²) in [6, 6.07) is 50.6. The van der Waals surface area contributed by atoms with Crippen LogP contribution in [0.1, 0.15) is 5.56 Å².